The molecule has 0 aromatic carbocycles. The molecule has 1 rings (SSSR count). The molecular weight excluding hydrogens is 344 g/mol. The third kappa shape index (κ3) is 7.53. The number of esters is 1. The first kappa shape index (κ1) is 23.4. The van der Waals surface area contributed by atoms with Gasteiger partial charge in [0.15, 0.2) is 8.32 Å². The van der Waals surface area contributed by atoms with E-state index in [4.69, 9.17) is 9.16 Å². The van der Waals surface area contributed by atoms with Gasteiger partial charge in [-0.05, 0) is 70.5 Å². The second-order valence-electron chi connectivity index (χ2n) is 10.1. The molecule has 0 aliphatic heterocycles. The number of rotatable bonds is 8. The number of carbonyl (C=O) groups is 1. The standard InChI is InChI=1S/C21H40O4Si/c1-20(2,3)24-19(23)14-17(13-12-16-10-9-11-16)18(15-22)25-26(7,8)21(4,5)6/h12,17-18,22H,9-11,13-15H2,1-8H3/t17-,18-/m1/s1. The second-order valence-corrected chi connectivity index (χ2v) is 14.9. The van der Waals surface area contributed by atoms with Gasteiger partial charge in [0.2, 0.25) is 0 Å². The Morgan fingerprint density at radius 2 is 1.77 bits per heavy atom. The third-order valence-electron chi connectivity index (χ3n) is 5.51. The summed E-state index contributed by atoms with van der Waals surface area (Å²) in [6, 6.07) is 0. The van der Waals surface area contributed by atoms with E-state index in [1.165, 1.54) is 12.0 Å². The molecule has 1 aliphatic carbocycles. The molecule has 4 nitrogen and oxygen atoms in total. The summed E-state index contributed by atoms with van der Waals surface area (Å²) in [6.07, 6.45) is 6.52. The van der Waals surface area contributed by atoms with Crippen LogP contribution in [-0.2, 0) is 14.0 Å². The zero-order valence-corrected chi connectivity index (χ0v) is 19.1. The highest BCUT2D eigenvalue weighted by Crippen LogP contribution is 2.39. The van der Waals surface area contributed by atoms with Crippen molar-refractivity contribution in [2.24, 2.45) is 5.92 Å². The van der Waals surface area contributed by atoms with Crippen molar-refractivity contribution >= 4 is 14.3 Å². The molecule has 0 saturated heterocycles. The van der Waals surface area contributed by atoms with Crippen LogP contribution in [0.3, 0.4) is 0 Å². The highest BCUT2D eigenvalue weighted by Gasteiger charge is 2.41. The maximum Gasteiger partial charge on any atom is 0.306 e. The van der Waals surface area contributed by atoms with Gasteiger partial charge >= 0.3 is 5.97 Å². The van der Waals surface area contributed by atoms with E-state index in [-0.39, 0.29) is 36.1 Å². The molecule has 1 saturated carbocycles. The predicted molar refractivity (Wildman–Crippen MR) is 110 cm³/mol. The van der Waals surface area contributed by atoms with Gasteiger partial charge in [-0.3, -0.25) is 4.79 Å². The van der Waals surface area contributed by atoms with Crippen molar-refractivity contribution in [1.82, 2.24) is 0 Å². The summed E-state index contributed by atoms with van der Waals surface area (Å²) < 4.78 is 12.0. The molecule has 0 radical (unpaired) electrons. The Kier molecular flexibility index (Phi) is 8.12. The number of hydrogen-bond acceptors (Lipinski definition) is 4. The molecule has 0 aromatic rings. The first-order chi connectivity index (χ1) is 11.7. The molecule has 0 spiro atoms. The molecule has 0 amide bonds. The minimum atomic E-state index is -2.03. The molecule has 1 fully saturated rings. The van der Waals surface area contributed by atoms with Gasteiger partial charge in [-0.25, -0.2) is 0 Å². The fourth-order valence-electron chi connectivity index (χ4n) is 2.70. The normalized spacial score (nSPS) is 18.1. The SMILES string of the molecule is CC(C)(C)OC(=O)C[C@@H](CC=C1CCC1)[C@@H](CO)O[Si](C)(C)C(C)(C)C. The Morgan fingerprint density at radius 3 is 2.15 bits per heavy atom. The number of hydrogen-bond donors (Lipinski definition) is 1. The van der Waals surface area contributed by atoms with Gasteiger partial charge in [-0.1, -0.05) is 32.4 Å². The summed E-state index contributed by atoms with van der Waals surface area (Å²) in [6.45, 7) is 16.5. The summed E-state index contributed by atoms with van der Waals surface area (Å²) in [5.41, 5.74) is 0.964. The van der Waals surface area contributed by atoms with Crippen LogP contribution in [0.4, 0.5) is 0 Å². The van der Waals surface area contributed by atoms with Crippen molar-refractivity contribution in [2.75, 3.05) is 6.61 Å². The summed E-state index contributed by atoms with van der Waals surface area (Å²) in [5.74, 6) is -0.274. The average molecular weight is 385 g/mol. The third-order valence-corrected chi connectivity index (χ3v) is 10.0. The van der Waals surface area contributed by atoms with E-state index in [9.17, 15) is 9.90 Å². The fraction of sp³-hybridized carbons (Fsp3) is 0.857. The zero-order chi connectivity index (χ0) is 20.2. The van der Waals surface area contributed by atoms with Crippen LogP contribution >= 0.6 is 0 Å². The van der Waals surface area contributed by atoms with Crippen LogP contribution in [0.1, 0.15) is 73.6 Å². The molecule has 2 atom stereocenters. The molecule has 5 heteroatoms. The number of carbonyl (C=O) groups excluding carboxylic acids is 1. The summed E-state index contributed by atoms with van der Waals surface area (Å²) in [5, 5.41) is 10.1. The van der Waals surface area contributed by atoms with E-state index in [0.717, 1.165) is 19.3 Å². The van der Waals surface area contributed by atoms with Crippen molar-refractivity contribution < 1.29 is 19.1 Å². The van der Waals surface area contributed by atoms with Crippen molar-refractivity contribution in [2.45, 2.75) is 103 Å². The minimum Gasteiger partial charge on any atom is -0.460 e. The van der Waals surface area contributed by atoms with Crippen molar-refractivity contribution in [1.29, 1.82) is 0 Å². The lowest BCUT2D eigenvalue weighted by Gasteiger charge is -2.41. The van der Waals surface area contributed by atoms with Gasteiger partial charge < -0.3 is 14.3 Å². The molecule has 26 heavy (non-hydrogen) atoms. The molecule has 0 unspecified atom stereocenters. The van der Waals surface area contributed by atoms with Gasteiger partial charge in [-0.2, -0.15) is 0 Å². The van der Waals surface area contributed by atoms with E-state index in [1.54, 1.807) is 0 Å². The summed E-state index contributed by atoms with van der Waals surface area (Å²) >= 11 is 0. The number of ether oxygens (including phenoxy) is 1. The van der Waals surface area contributed by atoms with Crippen molar-refractivity contribution in [3.8, 4) is 0 Å². The minimum absolute atomic E-state index is 0.0583. The highest BCUT2D eigenvalue weighted by atomic mass is 28.4. The number of aliphatic hydroxyl groups excluding tert-OH is 1. The first-order valence-corrected chi connectivity index (χ1v) is 12.8. The predicted octanol–water partition coefficient (Wildman–Crippen LogP) is 5.22. The second kappa shape index (κ2) is 9.02. The lowest BCUT2D eigenvalue weighted by atomic mass is 9.88. The zero-order valence-electron chi connectivity index (χ0n) is 18.1. The molecule has 0 heterocycles. The van der Waals surface area contributed by atoms with Crippen LogP contribution in [0.15, 0.2) is 11.6 Å². The van der Waals surface area contributed by atoms with Crippen LogP contribution in [0.2, 0.25) is 18.1 Å². The lowest BCUT2D eigenvalue weighted by Crippen LogP contribution is -2.47. The average Bonchev–Trinajstić information content (AvgIpc) is 2.38. The molecule has 0 aromatic heterocycles. The largest absolute Gasteiger partial charge is 0.460 e. The van der Waals surface area contributed by atoms with Crippen LogP contribution in [0, 0.1) is 5.92 Å². The molecule has 1 N–H and O–H groups in total. The van der Waals surface area contributed by atoms with Gasteiger partial charge in [0, 0.05) is 0 Å². The molecule has 0 bridgehead atoms. The highest BCUT2D eigenvalue weighted by molar-refractivity contribution is 6.74. The van der Waals surface area contributed by atoms with Crippen LogP contribution in [0.5, 0.6) is 0 Å². The number of aliphatic hydroxyl groups is 1. The molecular formula is C21H40O4Si. The van der Waals surface area contributed by atoms with Crippen LogP contribution < -0.4 is 0 Å². The lowest BCUT2D eigenvalue weighted by molar-refractivity contribution is -0.157. The smallest absolute Gasteiger partial charge is 0.306 e. The van der Waals surface area contributed by atoms with Crippen LogP contribution in [-0.4, -0.2) is 37.7 Å². The topological polar surface area (TPSA) is 55.8 Å². The Labute approximate surface area is 161 Å². The van der Waals surface area contributed by atoms with Gasteiger partial charge in [0.05, 0.1) is 19.1 Å². The van der Waals surface area contributed by atoms with E-state index < -0.39 is 13.9 Å². The van der Waals surface area contributed by atoms with Gasteiger partial charge in [-0.15, -0.1) is 0 Å². The van der Waals surface area contributed by atoms with Gasteiger partial charge in [0.25, 0.3) is 0 Å². The maximum absolute atomic E-state index is 12.4. The first-order valence-electron chi connectivity index (χ1n) is 9.93. The van der Waals surface area contributed by atoms with Crippen LogP contribution in [0.25, 0.3) is 0 Å². The van der Waals surface area contributed by atoms with E-state index in [2.05, 4.69) is 39.9 Å². The molecule has 152 valence electrons. The number of allylic oxidation sites excluding steroid dienone is 2. The fourth-order valence-corrected chi connectivity index (χ4v) is 4.08. The van der Waals surface area contributed by atoms with E-state index in [1.807, 2.05) is 20.8 Å². The Morgan fingerprint density at radius 1 is 1.19 bits per heavy atom. The van der Waals surface area contributed by atoms with Gasteiger partial charge in [0.1, 0.15) is 5.60 Å². The van der Waals surface area contributed by atoms with Crippen molar-refractivity contribution in [3.63, 3.8) is 0 Å². The monoisotopic (exact) mass is 384 g/mol. The molecule has 1 aliphatic rings. The Balaban J connectivity index is 2.90. The van der Waals surface area contributed by atoms with E-state index in [0.29, 0.717) is 0 Å². The Hall–Kier alpha value is -0.653. The summed E-state index contributed by atoms with van der Waals surface area (Å²) in [7, 11) is -2.03. The van der Waals surface area contributed by atoms with Crippen molar-refractivity contribution in [3.05, 3.63) is 11.6 Å². The maximum atomic E-state index is 12.4. The Bertz CT molecular complexity index is 491. The van der Waals surface area contributed by atoms with E-state index >= 15 is 0 Å². The quantitative estimate of drug-likeness (QED) is 0.354. The summed E-state index contributed by atoms with van der Waals surface area (Å²) in [4.78, 5) is 12.4.